The van der Waals surface area contributed by atoms with Crippen molar-refractivity contribution in [1.29, 1.82) is 0 Å². The Balaban J connectivity index is 0.00000200. The molecule has 20 heavy (non-hydrogen) atoms. The van der Waals surface area contributed by atoms with Crippen LogP contribution in [-0.4, -0.2) is 6.61 Å². The Morgan fingerprint density at radius 3 is 2.35 bits per heavy atom. The van der Waals surface area contributed by atoms with Gasteiger partial charge >= 0.3 is 0 Å². The van der Waals surface area contributed by atoms with Crippen molar-refractivity contribution in [1.82, 2.24) is 5.32 Å². The van der Waals surface area contributed by atoms with Gasteiger partial charge in [-0.3, -0.25) is 0 Å². The zero-order valence-electron chi connectivity index (χ0n) is 12.0. The third-order valence-corrected chi connectivity index (χ3v) is 2.99. The molecular formula is C17H21ClNO-. The van der Waals surface area contributed by atoms with Gasteiger partial charge < -0.3 is 22.5 Å². The number of ether oxygens (including phenoxy) is 1. The van der Waals surface area contributed by atoms with Crippen molar-refractivity contribution >= 4 is 0 Å². The van der Waals surface area contributed by atoms with Crippen LogP contribution in [0, 0.1) is 6.92 Å². The highest BCUT2D eigenvalue weighted by atomic mass is 35.5. The van der Waals surface area contributed by atoms with E-state index in [1.807, 2.05) is 19.1 Å². The summed E-state index contributed by atoms with van der Waals surface area (Å²) >= 11 is 0. The van der Waals surface area contributed by atoms with Crippen LogP contribution in [0.5, 0.6) is 5.75 Å². The second kappa shape index (κ2) is 8.62. The van der Waals surface area contributed by atoms with E-state index in [-0.39, 0.29) is 12.4 Å². The SMILES string of the molecule is CCOc1cccc(CNCc2ccc(C)cc2)c1.[Cl-]. The molecule has 0 heterocycles. The molecule has 3 heteroatoms. The summed E-state index contributed by atoms with van der Waals surface area (Å²) in [6.07, 6.45) is 0. The number of hydrogen-bond acceptors (Lipinski definition) is 2. The first-order chi connectivity index (χ1) is 9.28. The first-order valence-corrected chi connectivity index (χ1v) is 6.76. The largest absolute Gasteiger partial charge is 1.00 e. The monoisotopic (exact) mass is 290 g/mol. The van der Waals surface area contributed by atoms with Gasteiger partial charge in [-0.25, -0.2) is 0 Å². The fourth-order valence-corrected chi connectivity index (χ4v) is 1.97. The number of aryl methyl sites for hydroxylation is 1. The van der Waals surface area contributed by atoms with Crippen LogP contribution in [0.2, 0.25) is 0 Å². The Bertz CT molecular complexity index is 511. The summed E-state index contributed by atoms with van der Waals surface area (Å²) < 4.78 is 5.50. The van der Waals surface area contributed by atoms with Crippen LogP contribution in [0.15, 0.2) is 48.5 Å². The molecule has 0 fully saturated rings. The van der Waals surface area contributed by atoms with Crippen LogP contribution in [0.3, 0.4) is 0 Å². The van der Waals surface area contributed by atoms with E-state index in [1.54, 1.807) is 0 Å². The van der Waals surface area contributed by atoms with E-state index in [0.29, 0.717) is 6.61 Å². The molecule has 0 spiro atoms. The van der Waals surface area contributed by atoms with E-state index >= 15 is 0 Å². The van der Waals surface area contributed by atoms with Crippen molar-refractivity contribution in [3.05, 3.63) is 65.2 Å². The lowest BCUT2D eigenvalue weighted by Gasteiger charge is -2.08. The molecular weight excluding hydrogens is 270 g/mol. The van der Waals surface area contributed by atoms with Crippen LogP contribution in [0.4, 0.5) is 0 Å². The van der Waals surface area contributed by atoms with Gasteiger partial charge in [-0.15, -0.1) is 0 Å². The van der Waals surface area contributed by atoms with E-state index in [1.165, 1.54) is 16.7 Å². The minimum atomic E-state index is 0. The Morgan fingerprint density at radius 2 is 1.65 bits per heavy atom. The van der Waals surface area contributed by atoms with Gasteiger partial charge in [-0.1, -0.05) is 42.0 Å². The fourth-order valence-electron chi connectivity index (χ4n) is 1.97. The summed E-state index contributed by atoms with van der Waals surface area (Å²) in [4.78, 5) is 0. The number of halogens is 1. The number of rotatable bonds is 6. The summed E-state index contributed by atoms with van der Waals surface area (Å²) in [6.45, 7) is 6.56. The third-order valence-electron chi connectivity index (χ3n) is 2.99. The van der Waals surface area contributed by atoms with Gasteiger partial charge in [0.25, 0.3) is 0 Å². The summed E-state index contributed by atoms with van der Waals surface area (Å²) in [6, 6.07) is 16.9. The molecule has 2 aromatic carbocycles. The lowest BCUT2D eigenvalue weighted by molar-refractivity contribution is -0.00000459. The number of hydrogen-bond donors (Lipinski definition) is 1. The maximum atomic E-state index is 5.50. The molecule has 0 saturated carbocycles. The van der Waals surface area contributed by atoms with Crippen molar-refractivity contribution in [2.24, 2.45) is 0 Å². The molecule has 0 aliphatic heterocycles. The van der Waals surface area contributed by atoms with Crippen LogP contribution < -0.4 is 22.5 Å². The second-order valence-electron chi connectivity index (χ2n) is 4.67. The van der Waals surface area contributed by atoms with Gasteiger partial charge in [0.1, 0.15) is 5.75 Å². The Hall–Kier alpha value is -1.51. The summed E-state index contributed by atoms with van der Waals surface area (Å²) in [5.74, 6) is 0.942. The van der Waals surface area contributed by atoms with Crippen molar-refractivity contribution < 1.29 is 17.1 Å². The standard InChI is InChI=1S/C17H21NO.ClH/c1-3-19-17-6-4-5-16(11-17)13-18-12-15-9-7-14(2)8-10-15;/h4-11,18H,3,12-13H2,1-2H3;1H/p-1. The molecule has 0 bridgehead atoms. The van der Waals surface area contributed by atoms with Gasteiger partial charge in [-0.2, -0.15) is 0 Å². The molecule has 0 radical (unpaired) electrons. The van der Waals surface area contributed by atoms with Gasteiger partial charge in [-0.05, 0) is 37.1 Å². The average molecular weight is 291 g/mol. The van der Waals surface area contributed by atoms with E-state index in [2.05, 4.69) is 48.6 Å². The van der Waals surface area contributed by atoms with E-state index in [9.17, 15) is 0 Å². The Kier molecular flexibility index (Phi) is 7.13. The maximum Gasteiger partial charge on any atom is 0.119 e. The van der Waals surface area contributed by atoms with Gasteiger partial charge in [0.2, 0.25) is 0 Å². The molecule has 0 amide bonds. The predicted octanol–water partition coefficient (Wildman–Crippen LogP) is 0.688. The van der Waals surface area contributed by atoms with E-state index < -0.39 is 0 Å². The summed E-state index contributed by atoms with van der Waals surface area (Å²) in [7, 11) is 0. The van der Waals surface area contributed by atoms with Crippen molar-refractivity contribution in [2.75, 3.05) is 6.61 Å². The van der Waals surface area contributed by atoms with Crippen molar-refractivity contribution in [3.63, 3.8) is 0 Å². The van der Waals surface area contributed by atoms with E-state index in [0.717, 1.165) is 18.8 Å². The van der Waals surface area contributed by atoms with Crippen molar-refractivity contribution in [3.8, 4) is 5.75 Å². The van der Waals surface area contributed by atoms with Crippen LogP contribution in [-0.2, 0) is 13.1 Å². The Labute approximate surface area is 127 Å². The molecule has 2 rings (SSSR count). The van der Waals surface area contributed by atoms with Gasteiger partial charge in [0.05, 0.1) is 6.61 Å². The van der Waals surface area contributed by atoms with Gasteiger partial charge in [0.15, 0.2) is 0 Å². The molecule has 0 aliphatic rings. The first kappa shape index (κ1) is 16.5. The lowest BCUT2D eigenvalue weighted by Crippen LogP contribution is -3.00. The molecule has 108 valence electrons. The Morgan fingerprint density at radius 1 is 0.950 bits per heavy atom. The highest BCUT2D eigenvalue weighted by Crippen LogP contribution is 2.13. The molecule has 0 aromatic heterocycles. The smallest absolute Gasteiger partial charge is 0.119 e. The van der Waals surface area contributed by atoms with Crippen LogP contribution >= 0.6 is 0 Å². The third kappa shape index (κ3) is 5.24. The fraction of sp³-hybridized carbons (Fsp3) is 0.294. The summed E-state index contributed by atoms with van der Waals surface area (Å²) in [5, 5.41) is 3.45. The molecule has 0 unspecified atom stereocenters. The van der Waals surface area contributed by atoms with Crippen LogP contribution in [0.1, 0.15) is 23.6 Å². The number of benzene rings is 2. The topological polar surface area (TPSA) is 21.3 Å². The number of nitrogens with one attached hydrogen (secondary N) is 1. The predicted molar refractivity (Wildman–Crippen MR) is 79.3 cm³/mol. The van der Waals surface area contributed by atoms with Crippen molar-refractivity contribution in [2.45, 2.75) is 26.9 Å². The molecule has 0 saturated heterocycles. The normalized spacial score (nSPS) is 9.90. The summed E-state index contributed by atoms with van der Waals surface area (Å²) in [5.41, 5.74) is 3.86. The molecule has 0 aliphatic carbocycles. The van der Waals surface area contributed by atoms with Gasteiger partial charge in [0, 0.05) is 13.1 Å². The second-order valence-corrected chi connectivity index (χ2v) is 4.67. The zero-order chi connectivity index (χ0) is 13.5. The van der Waals surface area contributed by atoms with Crippen LogP contribution in [0.25, 0.3) is 0 Å². The molecule has 1 N–H and O–H groups in total. The molecule has 0 atom stereocenters. The van der Waals surface area contributed by atoms with E-state index in [4.69, 9.17) is 4.74 Å². The minimum absolute atomic E-state index is 0. The first-order valence-electron chi connectivity index (χ1n) is 6.76. The quantitative estimate of drug-likeness (QED) is 0.845. The molecule has 2 nitrogen and oxygen atoms in total. The highest BCUT2D eigenvalue weighted by molar-refractivity contribution is 5.28. The molecule has 2 aromatic rings. The lowest BCUT2D eigenvalue weighted by atomic mass is 10.1. The maximum absolute atomic E-state index is 5.50. The average Bonchev–Trinajstić information content (AvgIpc) is 2.42. The highest BCUT2D eigenvalue weighted by Gasteiger charge is 1.97. The zero-order valence-corrected chi connectivity index (χ0v) is 12.8. The minimum Gasteiger partial charge on any atom is -1.00 e.